The molecule has 0 fully saturated rings. The van der Waals surface area contributed by atoms with Gasteiger partial charge in [-0.15, -0.1) is 5.10 Å². The van der Waals surface area contributed by atoms with E-state index in [1.165, 1.54) is 0 Å². The third kappa shape index (κ3) is 1.87. The number of aromatic nitrogens is 4. The minimum atomic E-state index is -0.493. The number of nitrogen functional groups attached to an aromatic ring is 1. The van der Waals surface area contributed by atoms with Crippen molar-refractivity contribution in [3.05, 3.63) is 59.1 Å². The maximum Gasteiger partial charge on any atom is 0.417 e. The highest BCUT2D eigenvalue weighted by Gasteiger charge is 2.14. The van der Waals surface area contributed by atoms with E-state index in [0.717, 1.165) is 11.3 Å². The van der Waals surface area contributed by atoms with Crippen LogP contribution in [-0.4, -0.2) is 20.0 Å². The molecule has 3 N–H and O–H groups in total. The van der Waals surface area contributed by atoms with E-state index < -0.39 is 5.76 Å². The van der Waals surface area contributed by atoms with Gasteiger partial charge in [0.15, 0.2) is 11.4 Å². The van der Waals surface area contributed by atoms with Crippen molar-refractivity contribution in [2.75, 3.05) is 5.73 Å². The zero-order valence-corrected chi connectivity index (χ0v) is 11.4. The molecule has 0 bridgehead atoms. The molecule has 0 amide bonds. The van der Waals surface area contributed by atoms with Gasteiger partial charge in [-0.1, -0.05) is 29.5 Å². The Balaban J connectivity index is 1.85. The Morgan fingerprint density at radius 1 is 1.14 bits per heavy atom. The highest BCUT2D eigenvalue weighted by Crippen LogP contribution is 2.27. The average Bonchev–Trinajstić information content (AvgIpc) is 3.09. The molecule has 0 saturated heterocycles. The first kappa shape index (κ1) is 12.4. The zero-order chi connectivity index (χ0) is 15.1. The number of aromatic amines is 1. The van der Waals surface area contributed by atoms with Gasteiger partial charge in [-0.3, -0.25) is 4.98 Å². The SMILES string of the molecule is Nc1c(-c2ccc3[nH]c(=O)oc3c2)nnn1-c1ccccc1. The lowest BCUT2D eigenvalue weighted by Gasteiger charge is -2.03. The van der Waals surface area contributed by atoms with Crippen LogP contribution in [0, 0.1) is 0 Å². The molecule has 2 aromatic carbocycles. The number of hydrogen-bond acceptors (Lipinski definition) is 5. The van der Waals surface area contributed by atoms with Gasteiger partial charge in [0.25, 0.3) is 0 Å². The summed E-state index contributed by atoms with van der Waals surface area (Å²) >= 11 is 0. The molecule has 0 radical (unpaired) electrons. The summed E-state index contributed by atoms with van der Waals surface area (Å²) in [6.45, 7) is 0. The fourth-order valence-corrected chi connectivity index (χ4v) is 2.35. The smallest absolute Gasteiger partial charge is 0.408 e. The van der Waals surface area contributed by atoms with Crippen molar-refractivity contribution < 1.29 is 4.42 Å². The van der Waals surface area contributed by atoms with Crippen molar-refractivity contribution in [2.45, 2.75) is 0 Å². The molecular formula is C15H11N5O2. The predicted octanol–water partition coefficient (Wildman–Crippen LogP) is 1.95. The van der Waals surface area contributed by atoms with E-state index >= 15 is 0 Å². The maximum atomic E-state index is 11.2. The van der Waals surface area contributed by atoms with Crippen LogP contribution in [0.3, 0.4) is 0 Å². The lowest BCUT2D eigenvalue weighted by molar-refractivity contribution is 0.555. The molecule has 0 unspecified atom stereocenters. The number of rotatable bonds is 2. The number of benzene rings is 2. The van der Waals surface area contributed by atoms with Crippen LogP contribution in [0.4, 0.5) is 5.82 Å². The number of nitrogens with one attached hydrogen (secondary N) is 1. The van der Waals surface area contributed by atoms with Crippen molar-refractivity contribution in [3.63, 3.8) is 0 Å². The molecule has 0 spiro atoms. The highest BCUT2D eigenvalue weighted by molar-refractivity contribution is 5.81. The fourth-order valence-electron chi connectivity index (χ4n) is 2.35. The monoisotopic (exact) mass is 293 g/mol. The highest BCUT2D eigenvalue weighted by atomic mass is 16.4. The summed E-state index contributed by atoms with van der Waals surface area (Å²) in [6.07, 6.45) is 0. The summed E-state index contributed by atoms with van der Waals surface area (Å²) in [5.41, 5.74) is 9.33. The van der Waals surface area contributed by atoms with E-state index in [0.29, 0.717) is 22.6 Å². The van der Waals surface area contributed by atoms with Crippen LogP contribution >= 0.6 is 0 Å². The molecule has 7 heteroatoms. The third-order valence-electron chi connectivity index (χ3n) is 3.40. The van der Waals surface area contributed by atoms with Gasteiger partial charge in [-0.2, -0.15) is 4.68 Å². The summed E-state index contributed by atoms with van der Waals surface area (Å²) < 4.78 is 6.62. The second-order valence-electron chi connectivity index (χ2n) is 4.80. The second-order valence-corrected chi connectivity index (χ2v) is 4.80. The summed E-state index contributed by atoms with van der Waals surface area (Å²) in [7, 11) is 0. The molecule has 0 aliphatic rings. The molecular weight excluding hydrogens is 282 g/mol. The number of fused-ring (bicyclic) bond motifs is 1. The lowest BCUT2D eigenvalue weighted by Crippen LogP contribution is -2.01. The first-order valence-electron chi connectivity index (χ1n) is 6.62. The van der Waals surface area contributed by atoms with Crippen LogP contribution in [0.25, 0.3) is 28.0 Å². The minimum Gasteiger partial charge on any atom is -0.408 e. The van der Waals surface area contributed by atoms with E-state index in [4.69, 9.17) is 10.2 Å². The normalized spacial score (nSPS) is 11.1. The molecule has 4 aromatic rings. The van der Waals surface area contributed by atoms with Gasteiger partial charge in [-0.25, -0.2) is 4.79 Å². The van der Waals surface area contributed by atoms with Crippen LogP contribution in [0.15, 0.2) is 57.7 Å². The van der Waals surface area contributed by atoms with Gasteiger partial charge < -0.3 is 10.2 Å². The number of hydrogen-bond donors (Lipinski definition) is 2. The van der Waals surface area contributed by atoms with Gasteiger partial charge in [-0.05, 0) is 24.3 Å². The predicted molar refractivity (Wildman–Crippen MR) is 81.6 cm³/mol. The quantitative estimate of drug-likeness (QED) is 0.588. The van der Waals surface area contributed by atoms with Crippen molar-refractivity contribution in [2.24, 2.45) is 0 Å². The van der Waals surface area contributed by atoms with Gasteiger partial charge in [0.2, 0.25) is 0 Å². The van der Waals surface area contributed by atoms with Crippen LogP contribution in [0.5, 0.6) is 0 Å². The van der Waals surface area contributed by atoms with E-state index in [1.807, 2.05) is 36.4 Å². The van der Waals surface area contributed by atoms with Crippen molar-refractivity contribution in [1.82, 2.24) is 20.0 Å². The van der Waals surface area contributed by atoms with E-state index in [-0.39, 0.29) is 0 Å². The topological polar surface area (TPSA) is 103 Å². The van der Waals surface area contributed by atoms with Crippen molar-refractivity contribution in [3.8, 4) is 16.9 Å². The number of H-pyrrole nitrogens is 1. The summed E-state index contributed by atoms with van der Waals surface area (Å²) in [6, 6.07) is 14.8. The van der Waals surface area contributed by atoms with Crippen LogP contribution < -0.4 is 11.5 Å². The zero-order valence-electron chi connectivity index (χ0n) is 11.4. The molecule has 7 nitrogen and oxygen atoms in total. The summed E-state index contributed by atoms with van der Waals surface area (Å²) in [5, 5.41) is 8.22. The largest absolute Gasteiger partial charge is 0.417 e. The van der Waals surface area contributed by atoms with Crippen molar-refractivity contribution in [1.29, 1.82) is 0 Å². The molecule has 0 atom stereocenters. The van der Waals surface area contributed by atoms with Gasteiger partial charge in [0, 0.05) is 5.56 Å². The number of anilines is 1. The van der Waals surface area contributed by atoms with E-state index in [9.17, 15) is 4.79 Å². The Morgan fingerprint density at radius 2 is 1.95 bits per heavy atom. The standard InChI is InChI=1S/C15H11N5O2/c16-14-13(18-19-20(14)10-4-2-1-3-5-10)9-6-7-11-12(8-9)22-15(21)17-11/h1-8H,16H2,(H,17,21). The molecule has 0 aliphatic carbocycles. The van der Waals surface area contributed by atoms with Crippen LogP contribution in [-0.2, 0) is 0 Å². The first-order chi connectivity index (χ1) is 10.7. The summed E-state index contributed by atoms with van der Waals surface area (Å²) in [4.78, 5) is 13.8. The van der Waals surface area contributed by atoms with Gasteiger partial charge in [0.1, 0.15) is 5.69 Å². The van der Waals surface area contributed by atoms with Gasteiger partial charge >= 0.3 is 5.76 Å². The number of oxazole rings is 1. The number of nitrogens with zero attached hydrogens (tertiary/aromatic N) is 3. The number of nitrogens with two attached hydrogens (primary N) is 1. The Bertz CT molecular complexity index is 1010. The Kier molecular flexibility index (Phi) is 2.59. The van der Waals surface area contributed by atoms with Crippen LogP contribution in [0.2, 0.25) is 0 Å². The average molecular weight is 293 g/mol. The van der Waals surface area contributed by atoms with Crippen LogP contribution in [0.1, 0.15) is 0 Å². The molecule has 4 rings (SSSR count). The Morgan fingerprint density at radius 3 is 2.77 bits per heavy atom. The van der Waals surface area contributed by atoms with E-state index in [1.54, 1.807) is 16.8 Å². The molecule has 0 aliphatic heterocycles. The fraction of sp³-hybridized carbons (Fsp3) is 0. The molecule has 22 heavy (non-hydrogen) atoms. The first-order valence-corrected chi connectivity index (χ1v) is 6.62. The molecule has 2 aromatic heterocycles. The van der Waals surface area contributed by atoms with Crippen molar-refractivity contribution >= 4 is 16.9 Å². The minimum absolute atomic E-state index is 0.420. The second kappa shape index (κ2) is 4.59. The molecule has 0 saturated carbocycles. The van der Waals surface area contributed by atoms with Gasteiger partial charge in [0.05, 0.1) is 11.2 Å². The summed E-state index contributed by atoms with van der Waals surface area (Å²) in [5.74, 6) is -0.0727. The lowest BCUT2D eigenvalue weighted by atomic mass is 10.1. The molecule has 2 heterocycles. The Labute approximate surface area is 124 Å². The third-order valence-corrected chi connectivity index (χ3v) is 3.40. The number of para-hydroxylation sites is 1. The maximum absolute atomic E-state index is 11.2. The van der Waals surface area contributed by atoms with E-state index in [2.05, 4.69) is 15.3 Å². The Hall–Kier alpha value is -3.35. The molecule has 108 valence electrons.